The molecule has 4 rings (SSSR count). The van der Waals surface area contributed by atoms with Crippen LogP contribution in [0, 0.1) is 12.8 Å². The van der Waals surface area contributed by atoms with Crippen LogP contribution in [0.15, 0.2) is 60.7 Å². The molecule has 1 aliphatic rings. The maximum atomic E-state index is 12.7. The molecule has 32 heavy (non-hydrogen) atoms. The van der Waals surface area contributed by atoms with Crippen LogP contribution in [0.25, 0.3) is 6.08 Å². The van der Waals surface area contributed by atoms with Gasteiger partial charge in [0.25, 0.3) is 0 Å². The second kappa shape index (κ2) is 9.78. The van der Waals surface area contributed by atoms with Gasteiger partial charge >= 0.3 is 12.0 Å². The minimum Gasteiger partial charge on any atom is -0.424 e. The van der Waals surface area contributed by atoms with Gasteiger partial charge in [-0.1, -0.05) is 42.3 Å². The number of nitrogens with one attached hydrogen (secondary N) is 1. The lowest BCUT2D eigenvalue weighted by molar-refractivity contribution is 0.198. The molecule has 1 aromatic carbocycles. The van der Waals surface area contributed by atoms with Gasteiger partial charge in [0.1, 0.15) is 5.75 Å². The van der Waals surface area contributed by atoms with E-state index in [1.165, 1.54) is 18.0 Å². The second-order valence-electron chi connectivity index (χ2n) is 7.86. The number of carbonyl (C=O) groups excluding carboxylic acids is 1. The zero-order chi connectivity index (χ0) is 22.5. The predicted octanol–water partition coefficient (Wildman–Crippen LogP) is 5.58. The molecule has 8 heteroatoms. The van der Waals surface area contributed by atoms with Gasteiger partial charge in [0, 0.05) is 19.3 Å². The number of halogens is 1. The highest BCUT2D eigenvalue weighted by molar-refractivity contribution is 6.30. The smallest absolute Gasteiger partial charge is 0.321 e. The standard InChI is InChI=1S/C24H24ClN5O2/c1-16-8-21(14-26-11-16)29-24(31)30-7-6-19(17(2)15-30)9-18-4-3-5-22(10-18)32-23-27-12-20(25)13-28-23/h3-5,8-14,17H,6-7,15H2,1-2H3,(H,29,31)/b19-9+. The Morgan fingerprint density at radius 3 is 2.78 bits per heavy atom. The lowest BCUT2D eigenvalue weighted by atomic mass is 9.91. The third-order valence-corrected chi connectivity index (χ3v) is 5.42. The molecule has 1 fully saturated rings. The van der Waals surface area contributed by atoms with E-state index < -0.39 is 0 Å². The molecule has 0 aliphatic carbocycles. The summed E-state index contributed by atoms with van der Waals surface area (Å²) in [4.78, 5) is 26.8. The van der Waals surface area contributed by atoms with Gasteiger partial charge in [0.15, 0.2) is 0 Å². The Hall–Kier alpha value is -3.45. The number of piperidine rings is 1. The van der Waals surface area contributed by atoms with Crippen LogP contribution < -0.4 is 10.1 Å². The quantitative estimate of drug-likeness (QED) is 0.562. The first-order chi connectivity index (χ1) is 15.5. The van der Waals surface area contributed by atoms with E-state index in [0.29, 0.717) is 29.5 Å². The van der Waals surface area contributed by atoms with Crippen molar-refractivity contribution in [3.63, 3.8) is 0 Å². The van der Waals surface area contributed by atoms with Gasteiger partial charge in [-0.2, -0.15) is 0 Å². The van der Waals surface area contributed by atoms with E-state index >= 15 is 0 Å². The topological polar surface area (TPSA) is 80.2 Å². The summed E-state index contributed by atoms with van der Waals surface area (Å²) in [6.07, 6.45) is 9.39. The number of benzene rings is 1. The van der Waals surface area contributed by atoms with Crippen molar-refractivity contribution < 1.29 is 9.53 Å². The average Bonchev–Trinajstić information content (AvgIpc) is 2.77. The van der Waals surface area contributed by atoms with Crippen molar-refractivity contribution in [3.8, 4) is 11.8 Å². The van der Waals surface area contributed by atoms with E-state index in [2.05, 4.69) is 33.3 Å². The Kier molecular flexibility index (Phi) is 6.66. The molecule has 2 amide bonds. The van der Waals surface area contributed by atoms with Crippen LogP contribution in [0.5, 0.6) is 11.8 Å². The van der Waals surface area contributed by atoms with Gasteiger partial charge in [-0.15, -0.1) is 0 Å². The summed E-state index contributed by atoms with van der Waals surface area (Å²) in [5.41, 5.74) is 4.05. The average molecular weight is 450 g/mol. The van der Waals surface area contributed by atoms with Crippen molar-refractivity contribution in [2.24, 2.45) is 5.92 Å². The number of likely N-dealkylation sites (tertiary alicyclic amines) is 1. The highest BCUT2D eigenvalue weighted by Crippen LogP contribution is 2.27. The SMILES string of the molecule is Cc1cncc(NC(=O)N2CC/C(=C\c3cccc(Oc4ncc(Cl)cn4)c3)C(C)C2)c1. The third kappa shape index (κ3) is 5.62. The van der Waals surface area contributed by atoms with E-state index in [1.54, 1.807) is 12.4 Å². The maximum Gasteiger partial charge on any atom is 0.321 e. The molecule has 1 saturated heterocycles. The highest BCUT2D eigenvalue weighted by Gasteiger charge is 2.24. The Morgan fingerprint density at radius 1 is 1.22 bits per heavy atom. The van der Waals surface area contributed by atoms with Crippen LogP contribution in [-0.2, 0) is 0 Å². The van der Waals surface area contributed by atoms with Crippen molar-refractivity contribution in [2.75, 3.05) is 18.4 Å². The molecule has 1 aliphatic heterocycles. The number of aryl methyl sites for hydroxylation is 1. The van der Waals surface area contributed by atoms with Crippen molar-refractivity contribution >= 4 is 29.4 Å². The molecule has 3 heterocycles. The number of ether oxygens (including phenoxy) is 1. The first-order valence-electron chi connectivity index (χ1n) is 10.4. The minimum absolute atomic E-state index is 0.0957. The van der Waals surface area contributed by atoms with Crippen molar-refractivity contribution in [1.82, 2.24) is 19.9 Å². The summed E-state index contributed by atoms with van der Waals surface area (Å²) in [6.45, 7) is 5.41. The van der Waals surface area contributed by atoms with Crippen LogP contribution in [-0.4, -0.2) is 39.0 Å². The van der Waals surface area contributed by atoms with E-state index in [4.69, 9.17) is 16.3 Å². The zero-order valence-corrected chi connectivity index (χ0v) is 18.7. The van der Waals surface area contributed by atoms with Crippen LogP contribution >= 0.6 is 11.6 Å². The molecule has 0 bridgehead atoms. The van der Waals surface area contributed by atoms with Crippen LogP contribution in [0.4, 0.5) is 10.5 Å². The molecular weight excluding hydrogens is 426 g/mol. The van der Waals surface area contributed by atoms with Gasteiger partial charge in [-0.25, -0.2) is 14.8 Å². The lowest BCUT2D eigenvalue weighted by Crippen LogP contribution is -2.42. The van der Waals surface area contributed by atoms with Crippen LogP contribution in [0.2, 0.25) is 5.02 Å². The molecular formula is C24H24ClN5O2. The first-order valence-corrected chi connectivity index (χ1v) is 10.8. The number of pyridine rings is 1. The van der Waals surface area contributed by atoms with Gasteiger partial charge in [-0.05, 0) is 48.6 Å². The minimum atomic E-state index is -0.0957. The van der Waals surface area contributed by atoms with Crippen LogP contribution in [0.3, 0.4) is 0 Å². The lowest BCUT2D eigenvalue weighted by Gasteiger charge is -2.33. The molecule has 1 atom stereocenters. The number of amides is 2. The molecule has 0 spiro atoms. The maximum absolute atomic E-state index is 12.7. The summed E-state index contributed by atoms with van der Waals surface area (Å²) in [5.74, 6) is 0.896. The summed E-state index contributed by atoms with van der Waals surface area (Å²) >= 11 is 5.82. The Balaban J connectivity index is 1.39. The zero-order valence-electron chi connectivity index (χ0n) is 18.0. The van der Waals surface area contributed by atoms with Crippen molar-refractivity contribution in [2.45, 2.75) is 20.3 Å². The molecule has 0 radical (unpaired) electrons. The number of urea groups is 1. The number of aromatic nitrogens is 3. The fraction of sp³-hybridized carbons (Fsp3) is 0.250. The largest absolute Gasteiger partial charge is 0.424 e. The fourth-order valence-electron chi connectivity index (χ4n) is 3.61. The van der Waals surface area contributed by atoms with Crippen LogP contribution in [0.1, 0.15) is 24.5 Å². The highest BCUT2D eigenvalue weighted by atomic mass is 35.5. The van der Waals surface area contributed by atoms with Gasteiger partial charge in [0.05, 0.1) is 29.3 Å². The number of rotatable bonds is 4. The summed E-state index contributed by atoms with van der Waals surface area (Å²) in [6, 6.07) is 9.82. The molecule has 1 unspecified atom stereocenters. The van der Waals surface area contributed by atoms with Gasteiger partial charge in [0.2, 0.25) is 0 Å². The molecule has 0 saturated carbocycles. The number of nitrogens with zero attached hydrogens (tertiary/aromatic N) is 4. The number of carbonyl (C=O) groups is 1. The predicted molar refractivity (Wildman–Crippen MR) is 125 cm³/mol. The monoisotopic (exact) mass is 449 g/mol. The van der Waals surface area contributed by atoms with E-state index in [1.807, 2.05) is 42.2 Å². The van der Waals surface area contributed by atoms with E-state index in [-0.39, 0.29) is 18.0 Å². The normalized spacial score (nSPS) is 17.3. The van der Waals surface area contributed by atoms with Gasteiger partial charge in [-0.3, -0.25) is 4.98 Å². The molecule has 1 N–H and O–H groups in total. The molecule has 3 aromatic rings. The molecule has 2 aromatic heterocycles. The third-order valence-electron chi connectivity index (χ3n) is 5.23. The summed E-state index contributed by atoms with van der Waals surface area (Å²) in [7, 11) is 0. The van der Waals surface area contributed by atoms with Crippen molar-refractivity contribution in [1.29, 1.82) is 0 Å². The second-order valence-corrected chi connectivity index (χ2v) is 8.29. The first kappa shape index (κ1) is 21.8. The van der Waals surface area contributed by atoms with Crippen molar-refractivity contribution in [3.05, 3.63) is 76.8 Å². The Bertz CT molecular complexity index is 1130. The molecule has 7 nitrogen and oxygen atoms in total. The molecule has 164 valence electrons. The summed E-state index contributed by atoms with van der Waals surface area (Å²) < 4.78 is 5.73. The van der Waals surface area contributed by atoms with E-state index in [9.17, 15) is 4.79 Å². The Morgan fingerprint density at radius 2 is 2.03 bits per heavy atom. The number of hydrogen-bond acceptors (Lipinski definition) is 5. The number of hydrogen-bond donors (Lipinski definition) is 1. The van der Waals surface area contributed by atoms with E-state index in [0.717, 1.165) is 17.5 Å². The Labute approximate surface area is 192 Å². The fourth-order valence-corrected chi connectivity index (χ4v) is 3.71. The summed E-state index contributed by atoms with van der Waals surface area (Å²) in [5, 5.41) is 3.40. The van der Waals surface area contributed by atoms with Gasteiger partial charge < -0.3 is 15.0 Å². The number of anilines is 1.